The number of aryl methyl sites for hydroxylation is 1. The number of nitrogens with zero attached hydrogens (tertiary/aromatic N) is 1. The summed E-state index contributed by atoms with van der Waals surface area (Å²) >= 11 is 0. The summed E-state index contributed by atoms with van der Waals surface area (Å²) in [6.45, 7) is -0.274. The summed E-state index contributed by atoms with van der Waals surface area (Å²) in [5.74, 6) is -0.767. The molecule has 0 heterocycles. The van der Waals surface area contributed by atoms with Crippen molar-refractivity contribution in [2.75, 3.05) is 25.6 Å². The number of amides is 1. The van der Waals surface area contributed by atoms with Crippen LogP contribution in [0.15, 0.2) is 48.5 Å². The van der Waals surface area contributed by atoms with Crippen LogP contribution >= 0.6 is 0 Å². The van der Waals surface area contributed by atoms with Crippen molar-refractivity contribution < 1.29 is 14.3 Å². The molecule has 1 amide bonds. The van der Waals surface area contributed by atoms with Crippen molar-refractivity contribution in [1.82, 2.24) is 5.32 Å². The van der Waals surface area contributed by atoms with Gasteiger partial charge in [-0.05, 0) is 48.6 Å². The molecule has 1 aliphatic carbocycles. The van der Waals surface area contributed by atoms with Crippen molar-refractivity contribution in [2.45, 2.75) is 25.3 Å². The molecule has 0 aromatic heterocycles. The molecule has 0 aliphatic heterocycles. The largest absolute Gasteiger partial charge is 0.452 e. The van der Waals surface area contributed by atoms with E-state index in [1.54, 1.807) is 18.2 Å². The fourth-order valence-corrected chi connectivity index (χ4v) is 3.27. The molecule has 0 radical (unpaired) electrons. The molecule has 136 valence electrons. The summed E-state index contributed by atoms with van der Waals surface area (Å²) < 4.78 is 5.18. The maximum absolute atomic E-state index is 12.2. The van der Waals surface area contributed by atoms with Gasteiger partial charge in [0.15, 0.2) is 6.61 Å². The zero-order valence-electron chi connectivity index (χ0n) is 15.2. The van der Waals surface area contributed by atoms with Gasteiger partial charge in [-0.15, -0.1) is 0 Å². The van der Waals surface area contributed by atoms with Gasteiger partial charge in [0.2, 0.25) is 0 Å². The van der Waals surface area contributed by atoms with E-state index in [2.05, 4.69) is 17.4 Å². The van der Waals surface area contributed by atoms with Gasteiger partial charge in [-0.1, -0.05) is 30.3 Å². The molecule has 3 rings (SSSR count). The number of ether oxygens (including phenoxy) is 1. The molecule has 0 spiro atoms. The summed E-state index contributed by atoms with van der Waals surface area (Å²) in [7, 11) is 3.81. The molecular weight excluding hydrogens is 328 g/mol. The number of nitrogens with one attached hydrogen (secondary N) is 1. The molecule has 5 heteroatoms. The Hall–Kier alpha value is -2.82. The van der Waals surface area contributed by atoms with Gasteiger partial charge in [-0.2, -0.15) is 0 Å². The molecule has 0 saturated carbocycles. The lowest BCUT2D eigenvalue weighted by Gasteiger charge is -2.26. The van der Waals surface area contributed by atoms with Crippen LogP contribution in [0.25, 0.3) is 0 Å². The number of benzene rings is 2. The Kier molecular flexibility index (Phi) is 5.56. The Morgan fingerprint density at radius 2 is 1.96 bits per heavy atom. The number of hydrogen-bond acceptors (Lipinski definition) is 4. The molecule has 0 saturated heterocycles. The van der Waals surface area contributed by atoms with Gasteiger partial charge in [0, 0.05) is 19.8 Å². The Labute approximate surface area is 154 Å². The van der Waals surface area contributed by atoms with E-state index in [0.29, 0.717) is 5.56 Å². The molecule has 0 fully saturated rings. The third kappa shape index (κ3) is 4.23. The van der Waals surface area contributed by atoms with Crippen LogP contribution in [0.5, 0.6) is 0 Å². The van der Waals surface area contributed by atoms with Crippen LogP contribution in [0.2, 0.25) is 0 Å². The van der Waals surface area contributed by atoms with E-state index in [1.807, 2.05) is 37.2 Å². The van der Waals surface area contributed by atoms with Gasteiger partial charge >= 0.3 is 5.97 Å². The normalized spacial score (nSPS) is 15.7. The molecule has 26 heavy (non-hydrogen) atoms. The topological polar surface area (TPSA) is 58.6 Å². The van der Waals surface area contributed by atoms with Crippen molar-refractivity contribution >= 4 is 17.6 Å². The Morgan fingerprint density at radius 1 is 1.15 bits per heavy atom. The summed E-state index contributed by atoms with van der Waals surface area (Å²) in [5, 5.41) is 2.99. The molecule has 1 atom stereocenters. The van der Waals surface area contributed by atoms with Crippen LogP contribution in [-0.2, 0) is 16.0 Å². The Bertz CT molecular complexity index is 801. The van der Waals surface area contributed by atoms with Gasteiger partial charge < -0.3 is 15.0 Å². The highest BCUT2D eigenvalue weighted by molar-refractivity contribution is 5.92. The number of hydrogen-bond donors (Lipinski definition) is 1. The first kappa shape index (κ1) is 18.0. The third-order valence-corrected chi connectivity index (χ3v) is 4.64. The fraction of sp³-hybridized carbons (Fsp3) is 0.333. The van der Waals surface area contributed by atoms with Crippen molar-refractivity contribution in [3.05, 3.63) is 65.2 Å². The maximum Gasteiger partial charge on any atom is 0.338 e. The lowest BCUT2D eigenvalue weighted by molar-refractivity contribution is -0.125. The standard InChI is InChI=1S/C21H24N2O3/c1-23(2)17-10-5-9-16(13-17)21(25)26-14-20(24)22-19-12-6-8-15-7-3-4-11-18(15)19/h3-5,7,9-11,13,19H,6,8,12,14H2,1-2H3,(H,22,24)/t19-/m1/s1. The van der Waals surface area contributed by atoms with E-state index in [4.69, 9.17) is 4.74 Å². The van der Waals surface area contributed by atoms with Gasteiger partial charge in [0.25, 0.3) is 5.91 Å². The van der Waals surface area contributed by atoms with Gasteiger partial charge in [0.1, 0.15) is 0 Å². The van der Waals surface area contributed by atoms with Crippen molar-refractivity contribution in [1.29, 1.82) is 0 Å². The predicted molar refractivity (Wildman–Crippen MR) is 101 cm³/mol. The van der Waals surface area contributed by atoms with E-state index in [9.17, 15) is 9.59 Å². The van der Waals surface area contributed by atoms with Crippen molar-refractivity contribution in [2.24, 2.45) is 0 Å². The minimum atomic E-state index is -0.493. The van der Waals surface area contributed by atoms with E-state index in [-0.39, 0.29) is 18.6 Å². The lowest BCUT2D eigenvalue weighted by Crippen LogP contribution is -2.34. The summed E-state index contributed by atoms with van der Waals surface area (Å²) in [4.78, 5) is 26.3. The molecule has 1 aliphatic rings. The Balaban J connectivity index is 1.56. The van der Waals surface area contributed by atoms with Crippen LogP contribution in [0.3, 0.4) is 0 Å². The molecule has 0 unspecified atom stereocenters. The summed E-state index contributed by atoms with van der Waals surface area (Å²) in [6.07, 6.45) is 2.99. The highest BCUT2D eigenvalue weighted by Crippen LogP contribution is 2.29. The maximum atomic E-state index is 12.2. The SMILES string of the molecule is CN(C)c1cccc(C(=O)OCC(=O)N[C@@H]2CCCc3ccccc32)c1. The zero-order valence-corrected chi connectivity index (χ0v) is 15.2. The second kappa shape index (κ2) is 8.04. The first-order chi connectivity index (χ1) is 12.5. The minimum Gasteiger partial charge on any atom is -0.452 e. The predicted octanol–water partition coefficient (Wildman–Crippen LogP) is 3.10. The zero-order chi connectivity index (χ0) is 18.5. The Morgan fingerprint density at radius 3 is 2.77 bits per heavy atom. The lowest BCUT2D eigenvalue weighted by atomic mass is 9.88. The van der Waals surface area contributed by atoms with E-state index in [1.165, 1.54) is 5.56 Å². The molecule has 2 aromatic rings. The van der Waals surface area contributed by atoms with Gasteiger partial charge in [-0.25, -0.2) is 4.79 Å². The van der Waals surface area contributed by atoms with Crippen molar-refractivity contribution in [3.8, 4) is 0 Å². The number of carbonyl (C=O) groups is 2. The van der Waals surface area contributed by atoms with Crippen LogP contribution in [0.1, 0.15) is 40.4 Å². The first-order valence-corrected chi connectivity index (χ1v) is 8.86. The van der Waals surface area contributed by atoms with Crippen LogP contribution < -0.4 is 10.2 Å². The molecule has 2 aromatic carbocycles. The molecular formula is C21H24N2O3. The number of esters is 1. The van der Waals surface area contributed by atoms with Gasteiger partial charge in [-0.3, -0.25) is 4.79 Å². The van der Waals surface area contributed by atoms with Crippen LogP contribution in [-0.4, -0.2) is 32.6 Å². The summed E-state index contributed by atoms with van der Waals surface area (Å²) in [5.41, 5.74) is 3.79. The van der Waals surface area contributed by atoms with E-state index < -0.39 is 5.97 Å². The molecule has 0 bridgehead atoms. The molecule has 5 nitrogen and oxygen atoms in total. The fourth-order valence-electron chi connectivity index (χ4n) is 3.27. The van der Waals surface area contributed by atoms with Crippen molar-refractivity contribution in [3.63, 3.8) is 0 Å². The second-order valence-electron chi connectivity index (χ2n) is 6.73. The summed E-state index contributed by atoms with van der Waals surface area (Å²) in [6, 6.07) is 15.3. The highest BCUT2D eigenvalue weighted by atomic mass is 16.5. The van der Waals surface area contributed by atoms with Gasteiger partial charge in [0.05, 0.1) is 11.6 Å². The number of rotatable bonds is 5. The first-order valence-electron chi connectivity index (χ1n) is 8.86. The number of fused-ring (bicyclic) bond motifs is 1. The van der Waals surface area contributed by atoms with Crippen LogP contribution in [0.4, 0.5) is 5.69 Å². The second-order valence-corrected chi connectivity index (χ2v) is 6.73. The number of carbonyl (C=O) groups excluding carboxylic acids is 2. The monoisotopic (exact) mass is 352 g/mol. The third-order valence-electron chi connectivity index (χ3n) is 4.64. The average molecular weight is 352 g/mol. The van der Waals surface area contributed by atoms with Crippen LogP contribution in [0, 0.1) is 0 Å². The highest BCUT2D eigenvalue weighted by Gasteiger charge is 2.22. The average Bonchev–Trinajstić information content (AvgIpc) is 2.66. The smallest absolute Gasteiger partial charge is 0.338 e. The number of anilines is 1. The quantitative estimate of drug-likeness (QED) is 0.840. The minimum absolute atomic E-state index is 0.0109. The molecule has 1 N–H and O–H groups in total. The van der Waals surface area contributed by atoms with E-state index >= 15 is 0 Å². The van der Waals surface area contributed by atoms with E-state index in [0.717, 1.165) is 30.5 Å².